The molecule has 1 saturated carbocycles. The third-order valence-corrected chi connectivity index (χ3v) is 6.87. The van der Waals surface area contributed by atoms with Gasteiger partial charge in [-0.25, -0.2) is 8.42 Å². The summed E-state index contributed by atoms with van der Waals surface area (Å²) in [6.07, 6.45) is 6.90. The smallest absolute Gasteiger partial charge is 0.150 e. The Kier molecular flexibility index (Phi) is 3.41. The van der Waals surface area contributed by atoms with E-state index >= 15 is 0 Å². The lowest BCUT2D eigenvalue weighted by molar-refractivity contribution is 0.166. The summed E-state index contributed by atoms with van der Waals surface area (Å²) in [5.41, 5.74) is 0.390. The first-order chi connectivity index (χ1) is 8.60. The van der Waals surface area contributed by atoms with Crippen LogP contribution in [0.5, 0.6) is 0 Å². The minimum absolute atomic E-state index is 0.390. The first kappa shape index (κ1) is 12.9. The van der Waals surface area contributed by atoms with Crippen molar-refractivity contribution < 1.29 is 8.42 Å². The van der Waals surface area contributed by atoms with Crippen molar-refractivity contribution in [2.45, 2.75) is 50.1 Å². The second-order valence-corrected chi connectivity index (χ2v) is 8.58. The molecule has 2 N–H and O–H groups in total. The molecule has 1 unspecified atom stereocenters. The van der Waals surface area contributed by atoms with Gasteiger partial charge in [0.25, 0.3) is 0 Å². The molecule has 5 heteroatoms. The Balaban J connectivity index is 1.47. The highest BCUT2D eigenvalue weighted by Crippen LogP contribution is 2.39. The van der Waals surface area contributed by atoms with Gasteiger partial charge in [0.2, 0.25) is 0 Å². The number of hydrogen-bond donors (Lipinski definition) is 2. The fraction of sp³-hybridized carbons (Fsp3) is 1.00. The zero-order valence-electron chi connectivity index (χ0n) is 11.0. The van der Waals surface area contributed by atoms with E-state index in [-0.39, 0.29) is 0 Å². The van der Waals surface area contributed by atoms with E-state index in [1.165, 1.54) is 25.7 Å². The number of sulfone groups is 1. The molecule has 4 nitrogen and oxygen atoms in total. The second-order valence-electron chi connectivity index (χ2n) is 6.28. The highest BCUT2D eigenvalue weighted by atomic mass is 32.2. The lowest BCUT2D eigenvalue weighted by Gasteiger charge is -2.44. The van der Waals surface area contributed by atoms with E-state index < -0.39 is 9.84 Å². The molecule has 104 valence electrons. The quantitative estimate of drug-likeness (QED) is 0.793. The van der Waals surface area contributed by atoms with Gasteiger partial charge in [0.15, 0.2) is 0 Å². The molecule has 1 atom stereocenters. The average Bonchev–Trinajstić information content (AvgIpc) is 2.71. The fourth-order valence-electron chi connectivity index (χ4n) is 3.70. The van der Waals surface area contributed by atoms with Crippen LogP contribution in [-0.2, 0) is 9.84 Å². The van der Waals surface area contributed by atoms with Gasteiger partial charge < -0.3 is 10.6 Å². The maximum Gasteiger partial charge on any atom is 0.150 e. The van der Waals surface area contributed by atoms with E-state index in [2.05, 4.69) is 10.6 Å². The molecular formula is C13H24N2O2S. The third kappa shape index (κ3) is 2.45. The Morgan fingerprint density at radius 2 is 1.89 bits per heavy atom. The molecule has 0 radical (unpaired) electrons. The fourth-order valence-corrected chi connectivity index (χ4v) is 5.29. The topological polar surface area (TPSA) is 58.2 Å². The second kappa shape index (κ2) is 4.76. The van der Waals surface area contributed by atoms with E-state index in [1.54, 1.807) is 0 Å². The van der Waals surface area contributed by atoms with Gasteiger partial charge in [-0.3, -0.25) is 0 Å². The summed E-state index contributed by atoms with van der Waals surface area (Å²) >= 11 is 0. The van der Waals surface area contributed by atoms with Crippen molar-refractivity contribution in [2.24, 2.45) is 5.92 Å². The summed E-state index contributed by atoms with van der Waals surface area (Å²) in [6, 6.07) is 0.616. The van der Waals surface area contributed by atoms with Crippen LogP contribution in [0.2, 0.25) is 0 Å². The monoisotopic (exact) mass is 272 g/mol. The Labute approximate surface area is 110 Å². The van der Waals surface area contributed by atoms with Gasteiger partial charge in [-0.05, 0) is 57.5 Å². The molecule has 2 aliphatic heterocycles. The maximum absolute atomic E-state index is 11.4. The van der Waals surface area contributed by atoms with Crippen LogP contribution in [0.4, 0.5) is 0 Å². The minimum Gasteiger partial charge on any atom is -0.312 e. The van der Waals surface area contributed by atoms with Gasteiger partial charge in [-0.2, -0.15) is 0 Å². The molecule has 2 heterocycles. The summed E-state index contributed by atoms with van der Waals surface area (Å²) in [5.74, 6) is 1.35. The SMILES string of the molecule is O=S1(=O)CCC(CNC2CCNC23CCC3)CC1. The zero-order chi connectivity index (χ0) is 12.6. The van der Waals surface area contributed by atoms with Gasteiger partial charge >= 0.3 is 0 Å². The summed E-state index contributed by atoms with van der Waals surface area (Å²) in [6.45, 7) is 2.14. The van der Waals surface area contributed by atoms with E-state index in [0.29, 0.717) is 29.0 Å². The summed E-state index contributed by atoms with van der Waals surface area (Å²) in [4.78, 5) is 0. The number of rotatable bonds is 3. The summed E-state index contributed by atoms with van der Waals surface area (Å²) in [7, 11) is -2.71. The lowest BCUT2D eigenvalue weighted by atomic mass is 9.73. The van der Waals surface area contributed by atoms with Crippen molar-refractivity contribution in [1.82, 2.24) is 10.6 Å². The van der Waals surface area contributed by atoms with E-state index in [1.807, 2.05) is 0 Å². The number of nitrogens with one attached hydrogen (secondary N) is 2. The zero-order valence-corrected chi connectivity index (χ0v) is 11.8. The van der Waals surface area contributed by atoms with Crippen molar-refractivity contribution >= 4 is 9.84 Å². The molecule has 1 spiro atoms. The molecule has 2 saturated heterocycles. The van der Waals surface area contributed by atoms with Gasteiger partial charge in [0, 0.05) is 11.6 Å². The number of hydrogen-bond acceptors (Lipinski definition) is 4. The average molecular weight is 272 g/mol. The minimum atomic E-state index is -2.71. The first-order valence-corrected chi connectivity index (χ1v) is 9.11. The molecule has 3 fully saturated rings. The Bertz CT molecular complexity index is 389. The van der Waals surface area contributed by atoms with Crippen molar-refractivity contribution in [2.75, 3.05) is 24.6 Å². The molecule has 0 aromatic carbocycles. The van der Waals surface area contributed by atoms with Crippen LogP contribution < -0.4 is 10.6 Å². The molecule has 3 aliphatic rings. The van der Waals surface area contributed by atoms with E-state index in [4.69, 9.17) is 0 Å². The van der Waals surface area contributed by atoms with Crippen LogP contribution in [0, 0.1) is 5.92 Å². The van der Waals surface area contributed by atoms with E-state index in [0.717, 1.165) is 25.9 Å². The van der Waals surface area contributed by atoms with E-state index in [9.17, 15) is 8.42 Å². The van der Waals surface area contributed by atoms with Crippen LogP contribution in [0.15, 0.2) is 0 Å². The van der Waals surface area contributed by atoms with Crippen LogP contribution in [-0.4, -0.2) is 44.6 Å². The molecule has 0 bridgehead atoms. The molecule has 0 aromatic heterocycles. The van der Waals surface area contributed by atoms with Crippen molar-refractivity contribution in [3.63, 3.8) is 0 Å². The molecular weight excluding hydrogens is 248 g/mol. The van der Waals surface area contributed by atoms with Gasteiger partial charge in [0.05, 0.1) is 11.5 Å². The van der Waals surface area contributed by atoms with Crippen LogP contribution in [0.25, 0.3) is 0 Å². The first-order valence-electron chi connectivity index (χ1n) is 7.29. The maximum atomic E-state index is 11.4. The highest BCUT2D eigenvalue weighted by molar-refractivity contribution is 7.91. The normalized spacial score (nSPS) is 34.6. The van der Waals surface area contributed by atoms with Gasteiger partial charge in [0.1, 0.15) is 9.84 Å². The Hall–Kier alpha value is -0.130. The predicted molar refractivity (Wildman–Crippen MR) is 72.4 cm³/mol. The molecule has 1 aliphatic carbocycles. The molecule has 3 rings (SSSR count). The third-order valence-electron chi connectivity index (χ3n) is 5.15. The van der Waals surface area contributed by atoms with Crippen LogP contribution in [0.3, 0.4) is 0 Å². The molecule has 0 amide bonds. The highest BCUT2D eigenvalue weighted by Gasteiger charge is 2.46. The van der Waals surface area contributed by atoms with Crippen LogP contribution >= 0.6 is 0 Å². The van der Waals surface area contributed by atoms with Gasteiger partial charge in [-0.15, -0.1) is 0 Å². The summed E-state index contributed by atoms with van der Waals surface area (Å²) < 4.78 is 22.8. The molecule has 0 aromatic rings. The molecule has 18 heavy (non-hydrogen) atoms. The summed E-state index contributed by atoms with van der Waals surface area (Å²) in [5, 5.41) is 7.38. The van der Waals surface area contributed by atoms with Crippen molar-refractivity contribution in [3.8, 4) is 0 Å². The Morgan fingerprint density at radius 3 is 2.50 bits per heavy atom. The lowest BCUT2D eigenvalue weighted by Crippen LogP contribution is -2.58. The largest absolute Gasteiger partial charge is 0.312 e. The van der Waals surface area contributed by atoms with Crippen LogP contribution in [0.1, 0.15) is 38.5 Å². The van der Waals surface area contributed by atoms with Crippen molar-refractivity contribution in [1.29, 1.82) is 0 Å². The standard InChI is InChI=1S/C13H24N2O2S/c16-18(17)8-3-11(4-9-18)10-14-12-2-7-15-13(12)5-1-6-13/h11-12,14-15H,1-10H2. The van der Waals surface area contributed by atoms with Gasteiger partial charge in [-0.1, -0.05) is 0 Å². The predicted octanol–water partition coefficient (Wildman–Crippen LogP) is 0.685. The van der Waals surface area contributed by atoms with Crippen molar-refractivity contribution in [3.05, 3.63) is 0 Å². The Morgan fingerprint density at radius 1 is 1.17 bits per heavy atom.